The van der Waals surface area contributed by atoms with Gasteiger partial charge >= 0.3 is 5.97 Å². The summed E-state index contributed by atoms with van der Waals surface area (Å²) in [7, 11) is -2.48. The molecule has 32 heavy (non-hydrogen) atoms. The summed E-state index contributed by atoms with van der Waals surface area (Å²) in [6.45, 7) is -0.452. The highest BCUT2D eigenvalue weighted by Crippen LogP contribution is 2.30. The molecule has 0 bridgehead atoms. The molecule has 2 N–H and O–H groups in total. The van der Waals surface area contributed by atoms with Crippen molar-refractivity contribution in [3.05, 3.63) is 59.2 Å². The standard InChI is InChI=1S/C23H26N2O6S/c1-30-20-12-9-16(13-21(20)32(28,29)25-17-10-11-17)23(27)31-14-22(26)24-19-8-4-6-15-5-2-3-7-18(15)19/h2-3,5,7,9,12-13,17,19,25H,4,6,8,10-11,14H2,1H3,(H,24,26). The number of methoxy groups -OCH3 is 1. The maximum atomic E-state index is 12.6. The molecule has 2 aliphatic rings. The van der Waals surface area contributed by atoms with E-state index in [9.17, 15) is 18.0 Å². The van der Waals surface area contributed by atoms with Gasteiger partial charge in [0.2, 0.25) is 10.0 Å². The number of carbonyl (C=O) groups is 2. The highest BCUT2D eigenvalue weighted by atomic mass is 32.2. The van der Waals surface area contributed by atoms with Crippen LogP contribution in [0.25, 0.3) is 0 Å². The molecular formula is C23H26N2O6S. The van der Waals surface area contributed by atoms with Crippen molar-refractivity contribution >= 4 is 21.9 Å². The Labute approximate surface area is 187 Å². The Morgan fingerprint density at radius 3 is 2.62 bits per heavy atom. The summed E-state index contributed by atoms with van der Waals surface area (Å²) >= 11 is 0. The van der Waals surface area contributed by atoms with Crippen LogP contribution in [0.2, 0.25) is 0 Å². The minimum absolute atomic E-state index is 0.0257. The van der Waals surface area contributed by atoms with Crippen LogP contribution in [0.5, 0.6) is 5.75 Å². The SMILES string of the molecule is COc1ccc(C(=O)OCC(=O)NC2CCCc3ccccc32)cc1S(=O)(=O)NC1CC1. The smallest absolute Gasteiger partial charge is 0.338 e. The number of hydrogen-bond donors (Lipinski definition) is 2. The van der Waals surface area contributed by atoms with Gasteiger partial charge in [0, 0.05) is 6.04 Å². The number of ether oxygens (including phenoxy) is 2. The molecule has 0 radical (unpaired) electrons. The van der Waals surface area contributed by atoms with Crippen LogP contribution < -0.4 is 14.8 Å². The Balaban J connectivity index is 1.40. The van der Waals surface area contributed by atoms with E-state index >= 15 is 0 Å². The van der Waals surface area contributed by atoms with Gasteiger partial charge in [-0.15, -0.1) is 0 Å². The maximum absolute atomic E-state index is 12.6. The van der Waals surface area contributed by atoms with Gasteiger partial charge in [0.15, 0.2) is 6.61 Å². The van der Waals surface area contributed by atoms with Gasteiger partial charge < -0.3 is 14.8 Å². The van der Waals surface area contributed by atoms with Crippen molar-refractivity contribution in [3.63, 3.8) is 0 Å². The average Bonchev–Trinajstić information content (AvgIpc) is 3.60. The van der Waals surface area contributed by atoms with E-state index < -0.39 is 28.5 Å². The summed E-state index contributed by atoms with van der Waals surface area (Å²) in [5.74, 6) is -1.06. The predicted octanol–water partition coefficient (Wildman–Crippen LogP) is 2.49. The van der Waals surface area contributed by atoms with Gasteiger partial charge in [-0.3, -0.25) is 4.79 Å². The van der Waals surface area contributed by atoms with Gasteiger partial charge in [-0.25, -0.2) is 17.9 Å². The fraction of sp³-hybridized carbons (Fsp3) is 0.391. The zero-order chi connectivity index (χ0) is 22.7. The molecule has 170 valence electrons. The van der Waals surface area contributed by atoms with Gasteiger partial charge in [0.25, 0.3) is 5.91 Å². The molecule has 0 spiro atoms. The fourth-order valence-corrected chi connectivity index (χ4v) is 5.35. The largest absolute Gasteiger partial charge is 0.495 e. The highest BCUT2D eigenvalue weighted by Gasteiger charge is 2.30. The van der Waals surface area contributed by atoms with Crippen molar-refractivity contribution in [3.8, 4) is 5.75 Å². The molecule has 0 aromatic heterocycles. The lowest BCUT2D eigenvalue weighted by Crippen LogP contribution is -2.34. The van der Waals surface area contributed by atoms with Crippen LogP contribution in [-0.2, 0) is 26.0 Å². The summed E-state index contributed by atoms with van der Waals surface area (Å²) < 4.78 is 38.1. The van der Waals surface area contributed by atoms with E-state index in [0.29, 0.717) is 0 Å². The molecule has 2 aromatic rings. The highest BCUT2D eigenvalue weighted by molar-refractivity contribution is 7.89. The van der Waals surface area contributed by atoms with Crippen molar-refractivity contribution in [2.75, 3.05) is 13.7 Å². The van der Waals surface area contributed by atoms with E-state index in [0.717, 1.165) is 37.7 Å². The zero-order valence-electron chi connectivity index (χ0n) is 17.8. The molecule has 0 aliphatic heterocycles. The number of aryl methyl sites for hydroxylation is 1. The van der Waals surface area contributed by atoms with Crippen LogP contribution in [0, 0.1) is 0 Å². The maximum Gasteiger partial charge on any atom is 0.338 e. The summed E-state index contributed by atoms with van der Waals surface area (Å²) in [5.41, 5.74) is 2.33. The number of rotatable bonds is 8. The van der Waals surface area contributed by atoms with Crippen molar-refractivity contribution in [1.29, 1.82) is 0 Å². The molecule has 0 saturated heterocycles. The van der Waals surface area contributed by atoms with Gasteiger partial charge in [0.1, 0.15) is 10.6 Å². The number of fused-ring (bicyclic) bond motifs is 1. The first-order chi connectivity index (χ1) is 15.4. The third-order valence-corrected chi connectivity index (χ3v) is 7.17. The minimum atomic E-state index is -3.84. The second-order valence-electron chi connectivity index (χ2n) is 8.05. The van der Waals surface area contributed by atoms with Crippen LogP contribution in [0.1, 0.15) is 53.2 Å². The third-order valence-electron chi connectivity index (χ3n) is 5.63. The number of esters is 1. The van der Waals surface area contributed by atoms with Crippen LogP contribution in [-0.4, -0.2) is 40.1 Å². The van der Waals surface area contributed by atoms with E-state index in [4.69, 9.17) is 9.47 Å². The quantitative estimate of drug-likeness (QED) is 0.588. The molecule has 4 rings (SSSR count). The van der Waals surface area contributed by atoms with Gasteiger partial charge in [-0.05, 0) is 61.4 Å². The van der Waals surface area contributed by atoms with E-state index in [2.05, 4.69) is 16.1 Å². The van der Waals surface area contributed by atoms with Gasteiger partial charge in [-0.1, -0.05) is 24.3 Å². The molecule has 8 nitrogen and oxygen atoms in total. The predicted molar refractivity (Wildman–Crippen MR) is 117 cm³/mol. The Morgan fingerprint density at radius 2 is 1.88 bits per heavy atom. The van der Waals surface area contributed by atoms with Crippen LogP contribution >= 0.6 is 0 Å². The molecule has 0 heterocycles. The number of benzene rings is 2. The van der Waals surface area contributed by atoms with E-state index in [1.807, 2.05) is 18.2 Å². The summed E-state index contributed by atoms with van der Waals surface area (Å²) in [6, 6.07) is 11.8. The summed E-state index contributed by atoms with van der Waals surface area (Å²) in [6.07, 6.45) is 4.34. The Morgan fingerprint density at radius 1 is 1.09 bits per heavy atom. The molecular weight excluding hydrogens is 432 g/mol. The molecule has 1 fully saturated rings. The number of sulfonamides is 1. The lowest BCUT2D eigenvalue weighted by molar-refractivity contribution is -0.125. The first-order valence-electron chi connectivity index (χ1n) is 10.6. The number of carbonyl (C=O) groups excluding carboxylic acids is 2. The monoisotopic (exact) mass is 458 g/mol. The van der Waals surface area contributed by atoms with Crippen molar-refractivity contribution in [2.24, 2.45) is 0 Å². The molecule has 9 heteroatoms. The lowest BCUT2D eigenvalue weighted by atomic mass is 9.88. The van der Waals surface area contributed by atoms with Crippen LogP contribution in [0.4, 0.5) is 0 Å². The number of hydrogen-bond acceptors (Lipinski definition) is 6. The Bertz CT molecular complexity index is 1130. The average molecular weight is 459 g/mol. The van der Waals surface area contributed by atoms with Gasteiger partial charge in [-0.2, -0.15) is 0 Å². The topological polar surface area (TPSA) is 111 Å². The molecule has 1 amide bonds. The molecule has 1 unspecified atom stereocenters. The van der Waals surface area contributed by atoms with Gasteiger partial charge in [0.05, 0.1) is 18.7 Å². The fourth-order valence-electron chi connectivity index (χ4n) is 3.85. The first kappa shape index (κ1) is 22.3. The molecule has 2 aliphatic carbocycles. The minimum Gasteiger partial charge on any atom is -0.495 e. The molecule has 2 aromatic carbocycles. The first-order valence-corrected chi connectivity index (χ1v) is 12.1. The Hall–Kier alpha value is -2.91. The van der Waals surface area contributed by atoms with Crippen molar-refractivity contribution < 1.29 is 27.5 Å². The lowest BCUT2D eigenvalue weighted by Gasteiger charge is -2.26. The normalized spacial score (nSPS) is 17.8. The van der Waals surface area contributed by atoms with E-state index in [1.54, 1.807) is 0 Å². The van der Waals surface area contributed by atoms with E-state index in [1.165, 1.54) is 30.9 Å². The Kier molecular flexibility index (Phi) is 6.48. The van der Waals surface area contributed by atoms with Crippen LogP contribution in [0.3, 0.4) is 0 Å². The van der Waals surface area contributed by atoms with E-state index in [-0.39, 0.29) is 28.3 Å². The molecule has 1 saturated carbocycles. The number of nitrogens with one attached hydrogen (secondary N) is 2. The van der Waals surface area contributed by atoms with Crippen molar-refractivity contribution in [1.82, 2.24) is 10.0 Å². The number of amides is 1. The van der Waals surface area contributed by atoms with Crippen molar-refractivity contribution in [2.45, 2.75) is 49.1 Å². The third kappa shape index (κ3) is 5.11. The zero-order valence-corrected chi connectivity index (χ0v) is 18.6. The summed E-state index contributed by atoms with van der Waals surface area (Å²) in [5, 5.41) is 2.92. The van der Waals surface area contributed by atoms with Crippen LogP contribution in [0.15, 0.2) is 47.4 Å². The second kappa shape index (κ2) is 9.30. The summed E-state index contributed by atoms with van der Waals surface area (Å²) in [4.78, 5) is 24.8. The second-order valence-corrected chi connectivity index (χ2v) is 9.73. The molecule has 1 atom stereocenters.